The summed E-state index contributed by atoms with van der Waals surface area (Å²) in [5, 5.41) is 0.823. The summed E-state index contributed by atoms with van der Waals surface area (Å²) in [6, 6.07) is 9.60. The number of nitrogens with zero attached hydrogens (tertiary/aromatic N) is 2. The van der Waals surface area contributed by atoms with E-state index in [4.69, 9.17) is 28.9 Å². The molecule has 0 heterocycles. The molecule has 21 heavy (non-hydrogen) atoms. The molecule has 0 radical (unpaired) electrons. The zero-order valence-electron chi connectivity index (χ0n) is 12.2. The summed E-state index contributed by atoms with van der Waals surface area (Å²) in [6.07, 6.45) is 1.80. The molecule has 0 amide bonds. The zero-order valence-corrected chi connectivity index (χ0v) is 13.7. The Morgan fingerprint density at radius 3 is 2.24 bits per heavy atom. The van der Waals surface area contributed by atoms with Gasteiger partial charge in [0.15, 0.2) is 0 Å². The van der Waals surface area contributed by atoms with Crippen LogP contribution in [-0.4, -0.2) is 20.3 Å². The van der Waals surface area contributed by atoms with Crippen LogP contribution < -0.4 is 10.6 Å². The van der Waals surface area contributed by atoms with Crippen LogP contribution in [0.3, 0.4) is 0 Å². The highest BCUT2D eigenvalue weighted by molar-refractivity contribution is 6.39. The number of aryl methyl sites for hydroxylation is 1. The molecule has 0 aliphatic heterocycles. The van der Waals surface area contributed by atoms with Crippen LogP contribution in [0.5, 0.6) is 0 Å². The van der Waals surface area contributed by atoms with E-state index in [-0.39, 0.29) is 0 Å². The molecule has 0 bridgehead atoms. The zero-order chi connectivity index (χ0) is 15.6. The molecule has 110 valence electrons. The van der Waals surface area contributed by atoms with E-state index < -0.39 is 0 Å². The molecule has 0 saturated heterocycles. The highest BCUT2D eigenvalue weighted by atomic mass is 35.5. The van der Waals surface area contributed by atoms with Crippen molar-refractivity contribution in [2.75, 3.05) is 24.7 Å². The highest BCUT2D eigenvalue weighted by Crippen LogP contribution is 2.32. The van der Waals surface area contributed by atoms with Gasteiger partial charge in [-0.15, -0.1) is 0 Å². The molecule has 0 fully saturated rings. The molecule has 5 heteroatoms. The Morgan fingerprint density at radius 1 is 1.10 bits per heavy atom. The lowest BCUT2D eigenvalue weighted by Gasteiger charge is -2.13. The maximum atomic E-state index is 6.00. The quantitative estimate of drug-likeness (QED) is 0.657. The van der Waals surface area contributed by atoms with Crippen LogP contribution in [0.25, 0.3) is 0 Å². The van der Waals surface area contributed by atoms with Crippen molar-refractivity contribution in [2.24, 2.45) is 4.99 Å². The molecule has 0 unspecified atom stereocenters. The third kappa shape index (κ3) is 3.69. The Hall–Kier alpha value is -1.71. The number of anilines is 2. The third-order valence-corrected chi connectivity index (χ3v) is 3.81. The number of nitrogens with two attached hydrogens (primary N) is 1. The number of nitrogen functional groups attached to an aromatic ring is 1. The van der Waals surface area contributed by atoms with E-state index in [9.17, 15) is 0 Å². The fraction of sp³-hybridized carbons (Fsp3) is 0.188. The van der Waals surface area contributed by atoms with Crippen LogP contribution in [0.1, 0.15) is 11.1 Å². The molecular weight excluding hydrogens is 305 g/mol. The Morgan fingerprint density at radius 2 is 1.71 bits per heavy atom. The van der Waals surface area contributed by atoms with Gasteiger partial charge in [-0.1, -0.05) is 29.3 Å². The van der Waals surface area contributed by atoms with Gasteiger partial charge in [-0.2, -0.15) is 0 Å². The van der Waals surface area contributed by atoms with Crippen LogP contribution in [0.2, 0.25) is 10.0 Å². The Kier molecular flexibility index (Phi) is 4.76. The van der Waals surface area contributed by atoms with Gasteiger partial charge >= 0.3 is 0 Å². The number of halogens is 2. The van der Waals surface area contributed by atoms with Crippen molar-refractivity contribution in [1.29, 1.82) is 0 Å². The fourth-order valence-electron chi connectivity index (χ4n) is 1.87. The van der Waals surface area contributed by atoms with Gasteiger partial charge in [-0.05, 0) is 42.3 Å². The summed E-state index contributed by atoms with van der Waals surface area (Å²) in [7, 11) is 4.03. The second-order valence-corrected chi connectivity index (χ2v) is 5.83. The van der Waals surface area contributed by atoms with Crippen molar-refractivity contribution in [3.63, 3.8) is 0 Å². The highest BCUT2D eigenvalue weighted by Gasteiger charge is 2.04. The molecule has 2 rings (SSSR count). The lowest BCUT2D eigenvalue weighted by molar-refractivity contribution is 1.13. The van der Waals surface area contributed by atoms with E-state index in [1.54, 1.807) is 18.3 Å². The van der Waals surface area contributed by atoms with Gasteiger partial charge in [0.2, 0.25) is 0 Å². The number of hydrogen-bond acceptors (Lipinski definition) is 3. The van der Waals surface area contributed by atoms with E-state index in [1.807, 2.05) is 20.2 Å². The van der Waals surface area contributed by atoms with Crippen molar-refractivity contribution >= 4 is 46.5 Å². The van der Waals surface area contributed by atoms with Gasteiger partial charge in [-0.25, -0.2) is 0 Å². The normalized spacial score (nSPS) is 11.1. The van der Waals surface area contributed by atoms with Gasteiger partial charge in [0.1, 0.15) is 0 Å². The van der Waals surface area contributed by atoms with Crippen LogP contribution >= 0.6 is 23.2 Å². The van der Waals surface area contributed by atoms with E-state index in [2.05, 4.69) is 28.9 Å². The summed E-state index contributed by atoms with van der Waals surface area (Å²) in [4.78, 5) is 6.47. The summed E-state index contributed by atoms with van der Waals surface area (Å²) in [6.45, 7) is 2.05. The standard InChI is InChI=1S/C16H17Cl2N3/c1-10-6-13(21(2)3)5-4-11(10)9-20-12-7-14(17)16(19)15(18)8-12/h4-9H,19H2,1-3H3. The molecule has 0 aromatic heterocycles. The predicted molar refractivity (Wildman–Crippen MR) is 93.6 cm³/mol. The minimum atomic E-state index is 0.379. The Balaban J connectivity index is 2.29. The summed E-state index contributed by atoms with van der Waals surface area (Å²) in [5.41, 5.74) is 10.1. The summed E-state index contributed by atoms with van der Waals surface area (Å²) in [5.74, 6) is 0. The maximum Gasteiger partial charge on any atom is 0.0694 e. The van der Waals surface area contributed by atoms with Gasteiger partial charge in [-0.3, -0.25) is 4.99 Å². The van der Waals surface area contributed by atoms with E-state index in [1.165, 1.54) is 0 Å². The molecule has 0 spiro atoms. The first-order chi connectivity index (χ1) is 9.88. The van der Waals surface area contributed by atoms with E-state index in [0.29, 0.717) is 21.4 Å². The first kappa shape index (κ1) is 15.7. The van der Waals surface area contributed by atoms with Crippen molar-refractivity contribution in [1.82, 2.24) is 0 Å². The Labute approximate surface area is 135 Å². The summed E-state index contributed by atoms with van der Waals surface area (Å²) >= 11 is 12.0. The monoisotopic (exact) mass is 321 g/mol. The van der Waals surface area contributed by atoms with Crippen molar-refractivity contribution < 1.29 is 0 Å². The number of rotatable bonds is 3. The van der Waals surface area contributed by atoms with Crippen molar-refractivity contribution in [3.8, 4) is 0 Å². The minimum Gasteiger partial charge on any atom is -0.396 e. The van der Waals surface area contributed by atoms with Gasteiger partial charge < -0.3 is 10.6 Å². The molecule has 0 saturated carbocycles. The summed E-state index contributed by atoms with van der Waals surface area (Å²) < 4.78 is 0. The molecule has 3 nitrogen and oxygen atoms in total. The lowest BCUT2D eigenvalue weighted by Crippen LogP contribution is -2.08. The smallest absolute Gasteiger partial charge is 0.0694 e. The number of hydrogen-bond donors (Lipinski definition) is 1. The lowest BCUT2D eigenvalue weighted by atomic mass is 10.1. The SMILES string of the molecule is Cc1cc(N(C)C)ccc1C=Nc1cc(Cl)c(N)c(Cl)c1. The maximum absolute atomic E-state index is 6.00. The molecule has 2 aromatic rings. The first-order valence-electron chi connectivity index (χ1n) is 6.45. The van der Waals surface area contributed by atoms with E-state index in [0.717, 1.165) is 16.8 Å². The molecule has 2 aromatic carbocycles. The average Bonchev–Trinajstić information content (AvgIpc) is 2.43. The Bertz CT molecular complexity index is 671. The molecule has 0 aliphatic carbocycles. The van der Waals surface area contributed by atoms with Gasteiger partial charge in [0.25, 0.3) is 0 Å². The van der Waals surface area contributed by atoms with Gasteiger partial charge in [0, 0.05) is 26.0 Å². The first-order valence-corrected chi connectivity index (χ1v) is 7.20. The van der Waals surface area contributed by atoms with Crippen LogP contribution in [0, 0.1) is 6.92 Å². The molecule has 0 atom stereocenters. The number of aliphatic imine (C=N–C) groups is 1. The second-order valence-electron chi connectivity index (χ2n) is 5.02. The van der Waals surface area contributed by atoms with E-state index >= 15 is 0 Å². The average molecular weight is 322 g/mol. The molecule has 0 aliphatic rings. The minimum absolute atomic E-state index is 0.379. The van der Waals surface area contributed by atoms with Crippen LogP contribution in [0.15, 0.2) is 35.3 Å². The van der Waals surface area contributed by atoms with Crippen molar-refractivity contribution in [3.05, 3.63) is 51.5 Å². The van der Waals surface area contributed by atoms with Crippen molar-refractivity contribution in [2.45, 2.75) is 6.92 Å². The number of benzene rings is 2. The van der Waals surface area contributed by atoms with Crippen LogP contribution in [-0.2, 0) is 0 Å². The predicted octanol–water partition coefficient (Wildman–Crippen LogP) is 4.70. The topological polar surface area (TPSA) is 41.6 Å². The third-order valence-electron chi connectivity index (χ3n) is 3.19. The van der Waals surface area contributed by atoms with Gasteiger partial charge in [0.05, 0.1) is 21.4 Å². The fourth-order valence-corrected chi connectivity index (χ4v) is 2.35. The second kappa shape index (κ2) is 6.37. The molecular formula is C16H17Cl2N3. The largest absolute Gasteiger partial charge is 0.396 e. The van der Waals surface area contributed by atoms with Crippen LogP contribution in [0.4, 0.5) is 17.1 Å². The molecule has 2 N–H and O–H groups in total.